The molecule has 2 aromatic rings. The monoisotopic (exact) mass is 214 g/mol. The third-order valence-corrected chi connectivity index (χ3v) is 2.85. The average Bonchev–Trinajstić information content (AvgIpc) is 3.25. The van der Waals surface area contributed by atoms with Crippen molar-refractivity contribution in [2.24, 2.45) is 0 Å². The maximum atomic E-state index is 8.05. The summed E-state index contributed by atoms with van der Waals surface area (Å²) in [7, 11) is 0. The lowest BCUT2D eigenvalue weighted by atomic mass is 10.0. The van der Waals surface area contributed by atoms with Crippen molar-refractivity contribution >= 4 is 0 Å². The highest BCUT2D eigenvalue weighted by atomic mass is 14.7. The minimum absolute atomic E-state index is 0.128. The molecule has 1 aromatic carbocycles. The standard InChI is InChI=1S/C15H15N/c1-11-5-8-15(16-10-11)14-4-2-3-13(9-14)12-6-7-12/h2-5,8-10,12H,6-7H2,1H3/i1D3,5D,8D. The molecule has 16 heavy (non-hydrogen) atoms. The molecule has 1 heteroatoms. The van der Waals surface area contributed by atoms with Crippen LogP contribution in [0.1, 0.15) is 36.7 Å². The highest BCUT2D eigenvalue weighted by molar-refractivity contribution is 5.60. The molecule has 0 bridgehead atoms. The second kappa shape index (κ2) is 3.75. The molecule has 0 aliphatic heterocycles. The molecule has 80 valence electrons. The molecule has 1 fully saturated rings. The van der Waals surface area contributed by atoms with Crippen molar-refractivity contribution < 1.29 is 6.85 Å². The van der Waals surface area contributed by atoms with Gasteiger partial charge in [0.25, 0.3) is 0 Å². The molecule has 0 N–H and O–H groups in total. The van der Waals surface area contributed by atoms with Gasteiger partial charge in [0.2, 0.25) is 0 Å². The van der Waals surface area contributed by atoms with E-state index >= 15 is 0 Å². The number of aryl methyl sites for hydroxylation is 1. The van der Waals surface area contributed by atoms with E-state index < -0.39 is 6.85 Å². The van der Waals surface area contributed by atoms with Crippen LogP contribution in [0.15, 0.2) is 42.5 Å². The van der Waals surface area contributed by atoms with Gasteiger partial charge in [0.1, 0.15) is 0 Å². The van der Waals surface area contributed by atoms with Crippen LogP contribution in [0.5, 0.6) is 0 Å². The van der Waals surface area contributed by atoms with Crippen molar-refractivity contribution in [2.45, 2.75) is 25.6 Å². The summed E-state index contributed by atoms with van der Waals surface area (Å²) in [6, 6.07) is 7.43. The molecule has 1 saturated carbocycles. The number of pyridine rings is 1. The number of aromatic nitrogens is 1. The molecule has 0 spiro atoms. The zero-order valence-corrected chi connectivity index (χ0v) is 8.83. The zero-order chi connectivity index (χ0) is 15.2. The van der Waals surface area contributed by atoms with E-state index in [1.54, 1.807) is 0 Å². The van der Waals surface area contributed by atoms with Gasteiger partial charge in [-0.05, 0) is 48.8 Å². The molecule has 0 atom stereocenters. The molecule has 0 unspecified atom stereocenters. The molecule has 1 aromatic heterocycles. The van der Waals surface area contributed by atoms with E-state index in [9.17, 15) is 0 Å². The first kappa shape index (κ1) is 5.62. The fourth-order valence-electron chi connectivity index (χ4n) is 1.82. The van der Waals surface area contributed by atoms with Crippen LogP contribution in [-0.4, -0.2) is 4.98 Å². The van der Waals surface area contributed by atoms with Crippen LogP contribution in [0, 0.1) is 6.85 Å². The van der Waals surface area contributed by atoms with Crippen molar-refractivity contribution in [3.8, 4) is 11.3 Å². The molecular formula is C15H15N. The van der Waals surface area contributed by atoms with Crippen LogP contribution in [0.3, 0.4) is 0 Å². The van der Waals surface area contributed by atoms with Gasteiger partial charge in [-0.25, -0.2) is 0 Å². The van der Waals surface area contributed by atoms with Gasteiger partial charge < -0.3 is 0 Å². The third-order valence-electron chi connectivity index (χ3n) is 2.85. The molecule has 0 amide bonds. The summed E-state index contributed by atoms with van der Waals surface area (Å²) >= 11 is 0. The SMILES string of the molecule is [2H]c1c(C([2H])([2H])[2H])cnc(-c2cccc(C3CC3)c2)c1[2H]. The van der Waals surface area contributed by atoms with Gasteiger partial charge in [0.15, 0.2) is 0 Å². The fourth-order valence-corrected chi connectivity index (χ4v) is 1.82. The van der Waals surface area contributed by atoms with Gasteiger partial charge in [0.05, 0.1) is 8.44 Å². The summed E-state index contributed by atoms with van der Waals surface area (Å²) in [5.41, 5.74) is 2.19. The van der Waals surface area contributed by atoms with E-state index in [0.29, 0.717) is 11.6 Å². The number of rotatable bonds is 2. The lowest BCUT2D eigenvalue weighted by molar-refractivity contribution is 1.13. The van der Waals surface area contributed by atoms with E-state index in [4.69, 9.17) is 6.85 Å². The number of benzene rings is 1. The minimum atomic E-state index is -2.41. The Morgan fingerprint density at radius 1 is 1.38 bits per heavy atom. The maximum Gasteiger partial charge on any atom is 0.0702 e. The Bertz CT molecular complexity index is 689. The first-order valence-electron chi connectivity index (χ1n) is 7.95. The summed E-state index contributed by atoms with van der Waals surface area (Å²) in [4.78, 5) is 4.13. The van der Waals surface area contributed by atoms with Crippen molar-refractivity contribution in [2.75, 3.05) is 0 Å². The Morgan fingerprint density at radius 3 is 3.12 bits per heavy atom. The van der Waals surface area contributed by atoms with E-state index in [1.807, 2.05) is 18.2 Å². The van der Waals surface area contributed by atoms with Crippen molar-refractivity contribution in [3.05, 3.63) is 53.7 Å². The maximum absolute atomic E-state index is 8.05. The predicted molar refractivity (Wildman–Crippen MR) is 66.4 cm³/mol. The Balaban J connectivity index is 2.07. The minimum Gasteiger partial charge on any atom is -0.256 e. The van der Waals surface area contributed by atoms with Crippen molar-refractivity contribution in [3.63, 3.8) is 0 Å². The Morgan fingerprint density at radius 2 is 2.31 bits per heavy atom. The van der Waals surface area contributed by atoms with Gasteiger partial charge in [-0.15, -0.1) is 0 Å². The Kier molecular flexibility index (Phi) is 1.32. The number of hydrogen-bond acceptors (Lipinski definition) is 1. The van der Waals surface area contributed by atoms with Gasteiger partial charge in [-0.3, -0.25) is 4.98 Å². The molecule has 1 heterocycles. The second-order valence-electron chi connectivity index (χ2n) is 4.17. The van der Waals surface area contributed by atoms with Crippen molar-refractivity contribution in [1.29, 1.82) is 0 Å². The summed E-state index contributed by atoms with van der Waals surface area (Å²) in [5, 5.41) is 0. The molecule has 1 nitrogen and oxygen atoms in total. The predicted octanol–water partition coefficient (Wildman–Crippen LogP) is 3.93. The smallest absolute Gasteiger partial charge is 0.0702 e. The molecule has 3 rings (SSSR count). The topological polar surface area (TPSA) is 12.9 Å². The van der Waals surface area contributed by atoms with E-state index in [1.165, 1.54) is 24.6 Å². The molecule has 0 saturated heterocycles. The van der Waals surface area contributed by atoms with Crippen LogP contribution in [0.4, 0.5) is 0 Å². The van der Waals surface area contributed by atoms with Crippen molar-refractivity contribution in [1.82, 2.24) is 4.98 Å². The molecule has 1 aliphatic rings. The van der Waals surface area contributed by atoms with Gasteiger partial charge in [-0.1, -0.05) is 24.2 Å². The highest BCUT2D eigenvalue weighted by Crippen LogP contribution is 2.40. The summed E-state index contributed by atoms with van der Waals surface area (Å²) in [5.74, 6) is 0.594. The quantitative estimate of drug-likeness (QED) is 0.738. The lowest BCUT2D eigenvalue weighted by Crippen LogP contribution is -1.86. The third kappa shape index (κ3) is 1.85. The van der Waals surface area contributed by atoms with Crippen LogP contribution in [-0.2, 0) is 0 Å². The Labute approximate surface area is 103 Å². The van der Waals surface area contributed by atoms with E-state index in [0.717, 1.165) is 5.56 Å². The summed E-state index contributed by atoms with van der Waals surface area (Å²) in [6.07, 6.45) is 3.57. The van der Waals surface area contributed by atoms with Crippen LogP contribution in [0.25, 0.3) is 11.3 Å². The molecular weight excluding hydrogens is 194 g/mol. The zero-order valence-electron chi connectivity index (χ0n) is 13.8. The number of hydrogen-bond donors (Lipinski definition) is 0. The van der Waals surface area contributed by atoms with Gasteiger partial charge >= 0.3 is 0 Å². The van der Waals surface area contributed by atoms with Crippen LogP contribution >= 0.6 is 0 Å². The van der Waals surface area contributed by atoms with Crippen LogP contribution < -0.4 is 0 Å². The normalized spacial score (nSPS) is 20.4. The summed E-state index contributed by atoms with van der Waals surface area (Å²) in [6.45, 7) is -2.41. The second-order valence-corrected chi connectivity index (χ2v) is 4.17. The van der Waals surface area contributed by atoms with Crippen LogP contribution in [0.2, 0.25) is 0 Å². The van der Waals surface area contributed by atoms with Gasteiger partial charge in [-0.2, -0.15) is 0 Å². The van der Waals surface area contributed by atoms with Gasteiger partial charge in [0, 0.05) is 15.9 Å². The lowest BCUT2D eigenvalue weighted by Gasteiger charge is -2.04. The van der Waals surface area contributed by atoms with E-state index in [2.05, 4.69) is 11.1 Å². The average molecular weight is 214 g/mol. The Hall–Kier alpha value is -1.63. The molecule has 1 aliphatic carbocycles. The largest absolute Gasteiger partial charge is 0.256 e. The highest BCUT2D eigenvalue weighted by Gasteiger charge is 2.23. The summed E-state index contributed by atoms with van der Waals surface area (Å²) < 4.78 is 38.1. The fraction of sp³-hybridized carbons (Fsp3) is 0.267. The molecule has 0 radical (unpaired) electrons. The first-order valence-corrected chi connectivity index (χ1v) is 5.45. The van der Waals surface area contributed by atoms with E-state index in [-0.39, 0.29) is 17.6 Å². The first-order chi connectivity index (χ1) is 9.88. The number of nitrogens with zero attached hydrogens (tertiary/aromatic N) is 1.